The van der Waals surface area contributed by atoms with Crippen LogP contribution in [0.2, 0.25) is 0 Å². The summed E-state index contributed by atoms with van der Waals surface area (Å²) in [5.41, 5.74) is -0.0205. The molecule has 9 heteroatoms. The molecule has 0 aromatic carbocycles. The van der Waals surface area contributed by atoms with Gasteiger partial charge in [0.05, 0.1) is 7.11 Å². The lowest BCUT2D eigenvalue weighted by atomic mass is 10.2. The van der Waals surface area contributed by atoms with E-state index in [0.717, 1.165) is 13.0 Å². The molecule has 1 aliphatic rings. The second-order valence-electron chi connectivity index (χ2n) is 5.08. The number of likely N-dealkylation sites (N-methyl/N-ethyl adjacent to an activating group) is 1. The molecule has 1 fully saturated rings. The molecule has 0 saturated carbocycles. The summed E-state index contributed by atoms with van der Waals surface area (Å²) in [4.78, 5) is 11.8. The van der Waals surface area contributed by atoms with Gasteiger partial charge in [-0.05, 0) is 26.8 Å². The lowest BCUT2D eigenvalue weighted by molar-refractivity contribution is 0.0594. The number of hydrogen-bond donors (Lipinski definition) is 1. The molecule has 1 aromatic rings. The number of esters is 1. The standard InChI is InChI=1S/C13H20N2O5S.ClH/c1-8-11(13(16)19-4)12(9(2)20-8)21(17,18)15(3)10-5-6-14-7-10;/h10,14H,5-7H2,1-4H3;1H. The maximum atomic E-state index is 12.8. The molecular formula is C13H21ClN2O5S. The fourth-order valence-electron chi connectivity index (χ4n) is 2.60. The Morgan fingerprint density at radius 1 is 1.36 bits per heavy atom. The molecule has 1 aliphatic heterocycles. The molecule has 2 rings (SSSR count). The van der Waals surface area contributed by atoms with E-state index in [1.807, 2.05) is 0 Å². The van der Waals surface area contributed by atoms with Gasteiger partial charge in [0.25, 0.3) is 0 Å². The monoisotopic (exact) mass is 352 g/mol. The minimum atomic E-state index is -3.82. The van der Waals surface area contributed by atoms with Crippen LogP contribution in [0.4, 0.5) is 0 Å². The molecule has 0 bridgehead atoms. The Hall–Kier alpha value is -1.09. The highest BCUT2D eigenvalue weighted by Crippen LogP contribution is 2.30. The highest BCUT2D eigenvalue weighted by Gasteiger charge is 2.37. The third-order valence-electron chi connectivity index (χ3n) is 3.78. The zero-order chi connectivity index (χ0) is 15.8. The van der Waals surface area contributed by atoms with Gasteiger partial charge in [0.15, 0.2) is 0 Å². The van der Waals surface area contributed by atoms with Crippen LogP contribution in [-0.2, 0) is 14.8 Å². The van der Waals surface area contributed by atoms with E-state index < -0.39 is 16.0 Å². The first-order chi connectivity index (χ1) is 9.80. The highest BCUT2D eigenvalue weighted by atomic mass is 35.5. The molecule has 1 aromatic heterocycles. The first-order valence-corrected chi connectivity index (χ1v) is 8.11. The average molecular weight is 353 g/mol. The van der Waals surface area contributed by atoms with E-state index in [0.29, 0.717) is 6.54 Å². The van der Waals surface area contributed by atoms with Gasteiger partial charge >= 0.3 is 5.97 Å². The van der Waals surface area contributed by atoms with Gasteiger partial charge in [-0.2, -0.15) is 4.31 Å². The average Bonchev–Trinajstić information content (AvgIpc) is 3.04. The van der Waals surface area contributed by atoms with Crippen molar-refractivity contribution in [3.05, 3.63) is 17.1 Å². The van der Waals surface area contributed by atoms with Crippen LogP contribution in [0, 0.1) is 13.8 Å². The van der Waals surface area contributed by atoms with Crippen molar-refractivity contribution in [3.63, 3.8) is 0 Å². The topological polar surface area (TPSA) is 88.8 Å². The molecule has 1 atom stereocenters. The van der Waals surface area contributed by atoms with E-state index >= 15 is 0 Å². The maximum absolute atomic E-state index is 12.8. The molecule has 0 radical (unpaired) electrons. The first-order valence-electron chi connectivity index (χ1n) is 6.67. The summed E-state index contributed by atoms with van der Waals surface area (Å²) in [7, 11) is -1.08. The van der Waals surface area contributed by atoms with Crippen molar-refractivity contribution in [2.45, 2.75) is 31.2 Å². The van der Waals surface area contributed by atoms with Crippen LogP contribution in [0.3, 0.4) is 0 Å². The number of rotatable bonds is 4. The van der Waals surface area contributed by atoms with Gasteiger partial charge in [0, 0.05) is 19.6 Å². The van der Waals surface area contributed by atoms with Crippen molar-refractivity contribution in [1.29, 1.82) is 0 Å². The summed E-state index contributed by atoms with van der Waals surface area (Å²) in [6.07, 6.45) is 0.735. The first kappa shape index (κ1) is 19.0. The third-order valence-corrected chi connectivity index (χ3v) is 5.84. The van der Waals surface area contributed by atoms with Crippen molar-refractivity contribution in [2.75, 3.05) is 27.2 Å². The molecule has 7 nitrogen and oxygen atoms in total. The van der Waals surface area contributed by atoms with Gasteiger partial charge in [-0.25, -0.2) is 13.2 Å². The van der Waals surface area contributed by atoms with Crippen LogP contribution in [0.1, 0.15) is 28.3 Å². The molecular weight excluding hydrogens is 332 g/mol. The number of methoxy groups -OCH3 is 1. The predicted molar refractivity (Wildman–Crippen MR) is 83.0 cm³/mol. The number of furan rings is 1. The summed E-state index contributed by atoms with van der Waals surface area (Å²) >= 11 is 0. The number of aryl methyl sites for hydroxylation is 2. The van der Waals surface area contributed by atoms with Crippen molar-refractivity contribution >= 4 is 28.4 Å². The van der Waals surface area contributed by atoms with Gasteiger partial charge in [-0.1, -0.05) is 0 Å². The molecule has 22 heavy (non-hydrogen) atoms. The van der Waals surface area contributed by atoms with Crippen LogP contribution in [0.25, 0.3) is 0 Å². The summed E-state index contributed by atoms with van der Waals surface area (Å²) in [5, 5.41) is 3.12. The van der Waals surface area contributed by atoms with E-state index in [2.05, 4.69) is 10.1 Å². The normalized spacial score (nSPS) is 18.3. The maximum Gasteiger partial charge on any atom is 0.342 e. The summed E-state index contributed by atoms with van der Waals surface area (Å²) < 4.78 is 37.0. The lowest BCUT2D eigenvalue weighted by Gasteiger charge is -2.23. The van der Waals surface area contributed by atoms with Crippen LogP contribution in [-0.4, -0.2) is 52.0 Å². The largest absolute Gasteiger partial charge is 0.465 e. The van der Waals surface area contributed by atoms with Gasteiger partial charge in [-0.15, -0.1) is 12.4 Å². The van der Waals surface area contributed by atoms with E-state index in [4.69, 9.17) is 4.42 Å². The SMILES string of the molecule is COC(=O)c1c(C)oc(C)c1S(=O)(=O)N(C)C1CCNC1.Cl. The number of carbonyl (C=O) groups excluding carboxylic acids is 1. The number of halogens is 1. The Kier molecular flexibility index (Phi) is 6.03. The van der Waals surface area contributed by atoms with E-state index in [1.54, 1.807) is 6.92 Å². The Bertz CT molecular complexity index is 650. The number of nitrogens with one attached hydrogen (secondary N) is 1. The van der Waals surface area contributed by atoms with Crippen molar-refractivity contribution in [3.8, 4) is 0 Å². The Morgan fingerprint density at radius 2 is 2.00 bits per heavy atom. The van der Waals surface area contributed by atoms with E-state index in [1.165, 1.54) is 25.4 Å². The molecule has 0 spiro atoms. The molecule has 1 unspecified atom stereocenters. The molecule has 0 aliphatic carbocycles. The second kappa shape index (κ2) is 6.99. The zero-order valence-corrected chi connectivity index (χ0v) is 14.6. The Labute approximate surface area is 136 Å². The van der Waals surface area contributed by atoms with Crippen molar-refractivity contribution in [1.82, 2.24) is 9.62 Å². The minimum absolute atomic E-state index is 0. The fraction of sp³-hybridized carbons (Fsp3) is 0.615. The fourth-order valence-corrected chi connectivity index (χ4v) is 4.35. The molecule has 0 amide bonds. The van der Waals surface area contributed by atoms with Gasteiger partial charge in [0.2, 0.25) is 10.0 Å². The zero-order valence-electron chi connectivity index (χ0n) is 13.0. The van der Waals surface area contributed by atoms with Crippen LogP contribution >= 0.6 is 12.4 Å². The number of sulfonamides is 1. The van der Waals surface area contributed by atoms with Crippen LogP contribution < -0.4 is 5.32 Å². The molecule has 126 valence electrons. The highest BCUT2D eigenvalue weighted by molar-refractivity contribution is 7.89. The summed E-state index contributed by atoms with van der Waals surface area (Å²) in [5.74, 6) is -0.262. The number of ether oxygens (including phenoxy) is 1. The molecule has 2 heterocycles. The number of carbonyl (C=O) groups is 1. The van der Waals surface area contributed by atoms with Crippen LogP contribution in [0.5, 0.6) is 0 Å². The Balaban J connectivity index is 0.00000242. The molecule has 1 N–H and O–H groups in total. The van der Waals surface area contributed by atoms with Gasteiger partial charge in [-0.3, -0.25) is 0 Å². The van der Waals surface area contributed by atoms with Gasteiger partial charge in [0.1, 0.15) is 22.0 Å². The van der Waals surface area contributed by atoms with Crippen molar-refractivity contribution < 1.29 is 22.4 Å². The van der Waals surface area contributed by atoms with E-state index in [-0.39, 0.29) is 40.4 Å². The smallest absolute Gasteiger partial charge is 0.342 e. The second-order valence-corrected chi connectivity index (χ2v) is 7.01. The third kappa shape index (κ3) is 3.15. The van der Waals surface area contributed by atoms with E-state index in [9.17, 15) is 13.2 Å². The van der Waals surface area contributed by atoms with Crippen molar-refractivity contribution in [2.24, 2.45) is 0 Å². The lowest BCUT2D eigenvalue weighted by Crippen LogP contribution is -2.39. The summed E-state index contributed by atoms with van der Waals surface area (Å²) in [6, 6.07) is -0.130. The molecule has 1 saturated heterocycles. The number of nitrogens with zero attached hydrogens (tertiary/aromatic N) is 1. The number of hydrogen-bond acceptors (Lipinski definition) is 6. The quantitative estimate of drug-likeness (QED) is 0.816. The van der Waals surface area contributed by atoms with Crippen LogP contribution in [0.15, 0.2) is 9.31 Å². The van der Waals surface area contributed by atoms with Gasteiger partial charge < -0.3 is 14.5 Å². The Morgan fingerprint density at radius 3 is 2.50 bits per heavy atom. The summed E-state index contributed by atoms with van der Waals surface area (Å²) in [6.45, 7) is 4.46. The predicted octanol–water partition coefficient (Wildman–Crippen LogP) is 1.09. The minimum Gasteiger partial charge on any atom is -0.465 e.